The van der Waals surface area contributed by atoms with E-state index in [1.54, 1.807) is 60.7 Å². The number of aliphatic carboxylic acids is 3. The Morgan fingerprint density at radius 3 is 1.52 bits per heavy atom. The fraction of sp³-hybridized carbons (Fsp3) is 0.487. The van der Waals surface area contributed by atoms with Gasteiger partial charge >= 0.3 is 17.9 Å². The minimum Gasteiger partial charge on any atom is -0.481 e. The van der Waals surface area contributed by atoms with Crippen molar-refractivity contribution in [3.8, 4) is 0 Å². The first-order chi connectivity index (χ1) is 26.7. The first-order valence-corrected chi connectivity index (χ1v) is 19.2. The molecule has 0 saturated heterocycles. The third kappa shape index (κ3) is 14.7. The highest BCUT2D eigenvalue weighted by atomic mass is 32.1. The number of carbonyl (C=O) groups is 8. The van der Waals surface area contributed by atoms with Gasteiger partial charge in [0.05, 0.1) is 0 Å². The SMILES string of the molecule is CC(=O)NC(CCC(=O)O)C(=O)NC(C(=O)NC(CCC(=O)O)C(=O)NC(CC1CCCCC1)C(=O)NC(CS)C(=O)O)C(c1ccccc1)c1ccccc1. The number of rotatable bonds is 22. The van der Waals surface area contributed by atoms with Gasteiger partial charge in [0.1, 0.15) is 30.2 Å². The number of benzene rings is 2. The van der Waals surface area contributed by atoms with Crippen molar-refractivity contribution in [3.05, 3.63) is 71.8 Å². The van der Waals surface area contributed by atoms with Crippen molar-refractivity contribution in [3.63, 3.8) is 0 Å². The van der Waals surface area contributed by atoms with Crippen LogP contribution in [0.1, 0.15) is 88.2 Å². The van der Waals surface area contributed by atoms with Crippen molar-refractivity contribution < 1.29 is 53.7 Å². The van der Waals surface area contributed by atoms with E-state index in [-0.39, 0.29) is 24.5 Å². The van der Waals surface area contributed by atoms with Gasteiger partial charge in [-0.15, -0.1) is 0 Å². The maximum atomic E-state index is 14.5. The molecule has 8 N–H and O–H groups in total. The van der Waals surface area contributed by atoms with Crippen molar-refractivity contribution in [2.45, 2.75) is 107 Å². The van der Waals surface area contributed by atoms with Gasteiger partial charge in [-0.25, -0.2) is 4.79 Å². The monoisotopic (exact) mass is 797 g/mol. The summed E-state index contributed by atoms with van der Waals surface area (Å²) in [6, 6.07) is 10.3. The minimum atomic E-state index is -1.55. The zero-order valence-electron chi connectivity index (χ0n) is 31.1. The number of thiol groups is 1. The van der Waals surface area contributed by atoms with Crippen LogP contribution in [-0.4, -0.2) is 98.7 Å². The van der Waals surface area contributed by atoms with E-state index >= 15 is 0 Å². The molecule has 0 bridgehead atoms. The molecule has 2 aromatic carbocycles. The van der Waals surface area contributed by atoms with Crippen molar-refractivity contribution in [2.75, 3.05) is 5.75 Å². The Labute approximate surface area is 330 Å². The normalized spacial score (nSPS) is 15.6. The molecule has 16 nitrogen and oxygen atoms in total. The Balaban J connectivity index is 2.04. The molecule has 56 heavy (non-hydrogen) atoms. The van der Waals surface area contributed by atoms with E-state index in [9.17, 15) is 53.7 Å². The molecule has 0 aromatic heterocycles. The molecule has 17 heteroatoms. The van der Waals surface area contributed by atoms with Crippen molar-refractivity contribution >= 4 is 60.1 Å². The summed E-state index contributed by atoms with van der Waals surface area (Å²) in [5.74, 6) is -9.06. The Hall–Kier alpha value is -5.45. The van der Waals surface area contributed by atoms with Gasteiger partial charge in [0.15, 0.2) is 0 Å². The lowest BCUT2D eigenvalue weighted by Gasteiger charge is -2.32. The van der Waals surface area contributed by atoms with Crippen LogP contribution in [0, 0.1) is 5.92 Å². The average molecular weight is 798 g/mol. The van der Waals surface area contributed by atoms with Crippen LogP contribution in [0.4, 0.5) is 0 Å². The summed E-state index contributed by atoms with van der Waals surface area (Å²) in [4.78, 5) is 103. The van der Waals surface area contributed by atoms with Crippen LogP contribution in [-0.2, 0) is 38.4 Å². The van der Waals surface area contributed by atoms with Gasteiger partial charge < -0.3 is 41.9 Å². The van der Waals surface area contributed by atoms with Gasteiger partial charge in [-0.1, -0.05) is 92.8 Å². The molecule has 5 unspecified atom stereocenters. The molecular formula is C39H51N5O11S. The van der Waals surface area contributed by atoms with Gasteiger partial charge in [-0.2, -0.15) is 12.6 Å². The lowest BCUT2D eigenvalue weighted by atomic mass is 9.84. The highest BCUT2D eigenvalue weighted by Gasteiger charge is 2.38. The van der Waals surface area contributed by atoms with Crippen LogP contribution < -0.4 is 26.6 Å². The molecule has 1 saturated carbocycles. The summed E-state index contributed by atoms with van der Waals surface area (Å²) in [7, 11) is 0. The summed E-state index contributed by atoms with van der Waals surface area (Å²) >= 11 is 4.01. The topological polar surface area (TPSA) is 257 Å². The van der Waals surface area contributed by atoms with Crippen molar-refractivity contribution in [1.29, 1.82) is 0 Å². The standard InChI is InChI=1S/C39H51N5O11S/c1-23(45)40-27(17-19-31(46)47)36(51)44-34(33(25-13-7-3-8-14-25)26-15-9-4-10-16-26)38(53)41-28(18-20-32(48)49)35(50)42-29(21-24-11-5-2-6-12-24)37(52)43-30(22-56)39(54)55/h3-4,7-10,13-16,24,27-30,33-34,56H,2,5-6,11-12,17-22H2,1H3,(H,40,45)(H,41,53)(H,42,50)(H,43,52)(H,44,51)(H,46,47)(H,48,49)(H,54,55). The minimum absolute atomic E-state index is 0.0286. The fourth-order valence-corrected chi connectivity index (χ4v) is 7.00. The molecule has 0 heterocycles. The van der Waals surface area contributed by atoms with Crippen LogP contribution in [0.2, 0.25) is 0 Å². The molecule has 0 radical (unpaired) electrons. The quantitative estimate of drug-likeness (QED) is 0.0779. The molecule has 5 amide bonds. The Morgan fingerprint density at radius 1 is 0.607 bits per heavy atom. The largest absolute Gasteiger partial charge is 0.481 e. The second-order valence-electron chi connectivity index (χ2n) is 13.8. The lowest BCUT2D eigenvalue weighted by molar-refractivity contribution is -0.141. The van der Waals surface area contributed by atoms with E-state index in [0.717, 1.165) is 39.0 Å². The Bertz CT molecular complexity index is 1630. The van der Waals surface area contributed by atoms with Crippen LogP contribution in [0.15, 0.2) is 60.7 Å². The number of hydrogen-bond donors (Lipinski definition) is 9. The molecular weight excluding hydrogens is 747 g/mol. The number of hydrogen-bond acceptors (Lipinski definition) is 9. The Morgan fingerprint density at radius 2 is 1.05 bits per heavy atom. The predicted octanol–water partition coefficient (Wildman–Crippen LogP) is 1.98. The number of amides is 5. The molecule has 304 valence electrons. The second-order valence-corrected chi connectivity index (χ2v) is 14.2. The third-order valence-electron chi connectivity index (χ3n) is 9.58. The summed E-state index contributed by atoms with van der Waals surface area (Å²) in [6.07, 6.45) is 2.78. The molecule has 1 aliphatic carbocycles. The number of carboxylic acids is 3. The smallest absolute Gasteiger partial charge is 0.327 e. The maximum absolute atomic E-state index is 14.5. The molecule has 0 aliphatic heterocycles. The van der Waals surface area contributed by atoms with E-state index in [0.29, 0.717) is 11.1 Å². The highest BCUT2D eigenvalue weighted by molar-refractivity contribution is 7.80. The van der Waals surface area contributed by atoms with E-state index in [1.165, 1.54) is 0 Å². The van der Waals surface area contributed by atoms with E-state index in [1.807, 2.05) is 0 Å². The number of carbonyl (C=O) groups excluding carboxylic acids is 5. The highest BCUT2D eigenvalue weighted by Crippen LogP contribution is 2.30. The molecule has 3 rings (SSSR count). The average Bonchev–Trinajstić information content (AvgIpc) is 3.17. The fourth-order valence-electron chi connectivity index (χ4n) is 6.75. The predicted molar refractivity (Wildman–Crippen MR) is 206 cm³/mol. The second kappa shape index (κ2) is 22.8. The van der Waals surface area contributed by atoms with Crippen molar-refractivity contribution in [1.82, 2.24) is 26.6 Å². The van der Waals surface area contributed by atoms with Gasteiger partial charge in [0.2, 0.25) is 29.5 Å². The van der Waals surface area contributed by atoms with Crippen LogP contribution in [0.3, 0.4) is 0 Å². The van der Waals surface area contributed by atoms with Crippen molar-refractivity contribution in [2.24, 2.45) is 5.92 Å². The summed E-state index contributed by atoms with van der Waals surface area (Å²) < 4.78 is 0. The summed E-state index contributed by atoms with van der Waals surface area (Å²) in [5, 5.41) is 41.1. The van der Waals surface area contributed by atoms with E-state index in [2.05, 4.69) is 39.2 Å². The first kappa shape index (κ1) is 44.9. The van der Waals surface area contributed by atoms with Gasteiger partial charge in [0.25, 0.3) is 0 Å². The molecule has 5 atom stereocenters. The number of nitrogens with one attached hydrogen (secondary N) is 5. The zero-order chi connectivity index (χ0) is 41.2. The molecule has 0 spiro atoms. The van der Waals surface area contributed by atoms with Crippen LogP contribution in [0.25, 0.3) is 0 Å². The third-order valence-corrected chi connectivity index (χ3v) is 9.94. The first-order valence-electron chi connectivity index (χ1n) is 18.6. The molecule has 1 aliphatic rings. The summed E-state index contributed by atoms with van der Waals surface area (Å²) in [6.45, 7) is 1.15. The molecule has 1 fully saturated rings. The number of carboxylic acid groups (broad SMARTS) is 3. The lowest BCUT2D eigenvalue weighted by Crippen LogP contribution is -2.60. The Kier molecular flexibility index (Phi) is 18.3. The van der Waals surface area contributed by atoms with Crippen LogP contribution >= 0.6 is 12.6 Å². The zero-order valence-corrected chi connectivity index (χ0v) is 32.0. The maximum Gasteiger partial charge on any atom is 0.327 e. The van der Waals surface area contributed by atoms with E-state index in [4.69, 9.17) is 0 Å². The van der Waals surface area contributed by atoms with Gasteiger partial charge in [0, 0.05) is 31.4 Å². The van der Waals surface area contributed by atoms with Crippen LogP contribution in [0.5, 0.6) is 0 Å². The van der Waals surface area contributed by atoms with E-state index < -0.39 is 103 Å². The van der Waals surface area contributed by atoms with Gasteiger partial charge in [-0.05, 0) is 36.3 Å². The molecule has 2 aromatic rings. The van der Waals surface area contributed by atoms with Gasteiger partial charge in [-0.3, -0.25) is 33.6 Å². The summed E-state index contributed by atoms with van der Waals surface area (Å²) in [5.41, 5.74) is 1.13.